The molecule has 0 fully saturated rings. The molecule has 104 valence electrons. The molecule has 1 unspecified atom stereocenters. The minimum Gasteiger partial charge on any atom is -0.508 e. The summed E-state index contributed by atoms with van der Waals surface area (Å²) in [6, 6.07) is 6.37. The number of unbranched alkanes of at least 4 members (excludes halogenated alkanes) is 1. The Kier molecular flexibility index (Phi) is 5.85. The van der Waals surface area contributed by atoms with Crippen molar-refractivity contribution in [2.24, 2.45) is 0 Å². The quantitative estimate of drug-likeness (QED) is 0.585. The van der Waals surface area contributed by atoms with Crippen molar-refractivity contribution in [3.63, 3.8) is 0 Å². The van der Waals surface area contributed by atoms with Gasteiger partial charge in [0.25, 0.3) is 0 Å². The molecule has 2 N–H and O–H groups in total. The van der Waals surface area contributed by atoms with Gasteiger partial charge < -0.3 is 14.9 Å². The molecule has 0 saturated carbocycles. The number of ether oxygens (including phenoxy) is 1. The highest BCUT2D eigenvalue weighted by atomic mass is 16.5. The Bertz CT molecular complexity index is 424. The Morgan fingerprint density at radius 3 is 2.42 bits per heavy atom. The number of aliphatic carboxylic acids is 1. The molecule has 0 saturated heterocycles. The average Bonchev–Trinajstić information content (AvgIpc) is 2.34. The molecule has 5 nitrogen and oxygen atoms in total. The van der Waals surface area contributed by atoms with Crippen LogP contribution in [-0.2, 0) is 14.3 Å². The summed E-state index contributed by atoms with van der Waals surface area (Å²) in [6.45, 7) is 2.02. The van der Waals surface area contributed by atoms with Gasteiger partial charge in [-0.3, -0.25) is 9.59 Å². The third kappa shape index (κ3) is 5.42. The minimum atomic E-state index is -1.20. The van der Waals surface area contributed by atoms with Crippen LogP contribution < -0.4 is 0 Å². The van der Waals surface area contributed by atoms with Gasteiger partial charge in [-0.2, -0.15) is 0 Å². The van der Waals surface area contributed by atoms with Crippen LogP contribution in [0.25, 0.3) is 0 Å². The van der Waals surface area contributed by atoms with Crippen LogP contribution >= 0.6 is 0 Å². The molecule has 1 aromatic carbocycles. The lowest BCUT2D eigenvalue weighted by atomic mass is 10.0. The highest BCUT2D eigenvalue weighted by Crippen LogP contribution is 2.25. The first kappa shape index (κ1) is 15.0. The maximum Gasteiger partial charge on any atom is 0.317 e. The second-order valence-corrected chi connectivity index (χ2v) is 4.28. The molecule has 1 rings (SSSR count). The number of phenols is 1. The van der Waals surface area contributed by atoms with Gasteiger partial charge in [-0.25, -0.2) is 0 Å². The van der Waals surface area contributed by atoms with Crippen LogP contribution in [0, 0.1) is 0 Å². The standard InChI is InChI=1S/C14H18O5/c1-2-3-4-12(19-14(18)9-13(16)17)10-5-7-11(15)8-6-10/h5-8,12,15H,2-4,9H2,1H3,(H,16,17). The Balaban J connectivity index is 2.73. The second-order valence-electron chi connectivity index (χ2n) is 4.28. The molecule has 0 bridgehead atoms. The largest absolute Gasteiger partial charge is 0.508 e. The maximum atomic E-state index is 11.4. The van der Waals surface area contributed by atoms with Crippen molar-refractivity contribution in [2.45, 2.75) is 38.7 Å². The number of esters is 1. The number of benzene rings is 1. The van der Waals surface area contributed by atoms with Crippen LogP contribution in [0.15, 0.2) is 24.3 Å². The molecule has 0 spiro atoms. The molecule has 0 aromatic heterocycles. The molecular formula is C14H18O5. The van der Waals surface area contributed by atoms with Crippen LogP contribution in [0.4, 0.5) is 0 Å². The van der Waals surface area contributed by atoms with E-state index in [0.717, 1.165) is 18.4 Å². The summed E-state index contributed by atoms with van der Waals surface area (Å²) in [7, 11) is 0. The summed E-state index contributed by atoms with van der Waals surface area (Å²) in [5, 5.41) is 17.8. The predicted molar refractivity (Wildman–Crippen MR) is 68.7 cm³/mol. The third-order valence-electron chi connectivity index (χ3n) is 2.65. The van der Waals surface area contributed by atoms with Gasteiger partial charge in [0.15, 0.2) is 0 Å². The number of carboxylic acids is 1. The van der Waals surface area contributed by atoms with Gasteiger partial charge in [0.1, 0.15) is 18.3 Å². The first-order valence-electron chi connectivity index (χ1n) is 6.23. The number of hydrogen-bond acceptors (Lipinski definition) is 4. The topological polar surface area (TPSA) is 83.8 Å². The monoisotopic (exact) mass is 266 g/mol. The number of carbonyl (C=O) groups is 2. The fourth-order valence-corrected chi connectivity index (χ4v) is 1.70. The Morgan fingerprint density at radius 1 is 1.26 bits per heavy atom. The highest BCUT2D eigenvalue weighted by Gasteiger charge is 2.18. The molecule has 1 atom stereocenters. The summed E-state index contributed by atoms with van der Waals surface area (Å²) in [6.07, 6.45) is 1.34. The van der Waals surface area contributed by atoms with E-state index in [9.17, 15) is 14.7 Å². The van der Waals surface area contributed by atoms with E-state index in [4.69, 9.17) is 9.84 Å². The van der Waals surface area contributed by atoms with Crippen molar-refractivity contribution in [1.82, 2.24) is 0 Å². The van der Waals surface area contributed by atoms with E-state index in [1.165, 1.54) is 12.1 Å². The second kappa shape index (κ2) is 7.41. The van der Waals surface area contributed by atoms with Crippen molar-refractivity contribution < 1.29 is 24.5 Å². The summed E-state index contributed by atoms with van der Waals surface area (Å²) in [5.41, 5.74) is 0.755. The molecule has 0 heterocycles. The van der Waals surface area contributed by atoms with Gasteiger partial charge in [0, 0.05) is 0 Å². The zero-order valence-electron chi connectivity index (χ0n) is 10.8. The fourth-order valence-electron chi connectivity index (χ4n) is 1.70. The van der Waals surface area contributed by atoms with Gasteiger partial charge in [0.2, 0.25) is 0 Å². The summed E-state index contributed by atoms with van der Waals surface area (Å²) in [4.78, 5) is 21.9. The third-order valence-corrected chi connectivity index (χ3v) is 2.65. The Hall–Kier alpha value is -2.04. The molecule has 19 heavy (non-hydrogen) atoms. The lowest BCUT2D eigenvalue weighted by molar-refractivity contribution is -0.155. The van der Waals surface area contributed by atoms with Crippen molar-refractivity contribution in [1.29, 1.82) is 0 Å². The van der Waals surface area contributed by atoms with Crippen molar-refractivity contribution in [3.05, 3.63) is 29.8 Å². The van der Waals surface area contributed by atoms with Crippen molar-refractivity contribution in [3.8, 4) is 5.75 Å². The van der Waals surface area contributed by atoms with E-state index >= 15 is 0 Å². The van der Waals surface area contributed by atoms with Crippen LogP contribution in [0.2, 0.25) is 0 Å². The zero-order chi connectivity index (χ0) is 14.3. The van der Waals surface area contributed by atoms with E-state index < -0.39 is 24.5 Å². The maximum absolute atomic E-state index is 11.4. The zero-order valence-corrected chi connectivity index (χ0v) is 10.8. The highest BCUT2D eigenvalue weighted by molar-refractivity contribution is 5.90. The van der Waals surface area contributed by atoms with E-state index in [1.807, 2.05) is 6.92 Å². The first-order valence-corrected chi connectivity index (χ1v) is 6.23. The average molecular weight is 266 g/mol. The van der Waals surface area contributed by atoms with Crippen LogP contribution in [0.5, 0.6) is 5.75 Å². The minimum absolute atomic E-state index is 0.134. The lowest BCUT2D eigenvalue weighted by Crippen LogP contribution is -2.15. The van der Waals surface area contributed by atoms with Crippen LogP contribution in [0.1, 0.15) is 44.3 Å². The molecule has 0 amide bonds. The van der Waals surface area contributed by atoms with Gasteiger partial charge in [-0.1, -0.05) is 25.5 Å². The number of phenolic OH excluding ortho intramolecular Hbond substituents is 1. The SMILES string of the molecule is CCCCC(OC(=O)CC(=O)O)c1ccc(O)cc1. The summed E-state index contributed by atoms with van der Waals surface area (Å²) >= 11 is 0. The van der Waals surface area contributed by atoms with Crippen molar-refractivity contribution >= 4 is 11.9 Å². The van der Waals surface area contributed by atoms with Crippen LogP contribution in [-0.4, -0.2) is 22.2 Å². The smallest absolute Gasteiger partial charge is 0.317 e. The number of carboxylic acid groups (broad SMARTS) is 1. The molecule has 0 aliphatic heterocycles. The normalized spacial score (nSPS) is 11.8. The summed E-state index contributed by atoms with van der Waals surface area (Å²) in [5.74, 6) is -1.82. The molecule has 0 radical (unpaired) electrons. The van der Waals surface area contributed by atoms with Gasteiger partial charge in [0.05, 0.1) is 0 Å². The lowest BCUT2D eigenvalue weighted by Gasteiger charge is -2.17. The molecular weight excluding hydrogens is 248 g/mol. The number of rotatable bonds is 7. The van der Waals surface area contributed by atoms with E-state index in [2.05, 4.69) is 0 Å². The van der Waals surface area contributed by atoms with Crippen LogP contribution in [0.3, 0.4) is 0 Å². The molecule has 5 heteroatoms. The molecule has 0 aliphatic carbocycles. The van der Waals surface area contributed by atoms with Gasteiger partial charge in [-0.05, 0) is 30.5 Å². The Labute approximate surface area is 111 Å². The predicted octanol–water partition coefficient (Wildman–Crippen LogP) is 2.64. The van der Waals surface area contributed by atoms with E-state index in [1.54, 1.807) is 12.1 Å². The molecule has 0 aliphatic rings. The fraction of sp³-hybridized carbons (Fsp3) is 0.429. The number of hydrogen-bond donors (Lipinski definition) is 2. The van der Waals surface area contributed by atoms with Crippen molar-refractivity contribution in [2.75, 3.05) is 0 Å². The van der Waals surface area contributed by atoms with Gasteiger partial charge in [-0.15, -0.1) is 0 Å². The van der Waals surface area contributed by atoms with E-state index in [-0.39, 0.29) is 5.75 Å². The first-order chi connectivity index (χ1) is 9.02. The number of aromatic hydroxyl groups is 1. The molecule has 1 aromatic rings. The summed E-state index contributed by atoms with van der Waals surface area (Å²) < 4.78 is 5.19. The van der Waals surface area contributed by atoms with Gasteiger partial charge >= 0.3 is 11.9 Å². The van der Waals surface area contributed by atoms with E-state index in [0.29, 0.717) is 6.42 Å². The number of carbonyl (C=O) groups excluding carboxylic acids is 1. The Morgan fingerprint density at radius 2 is 1.89 bits per heavy atom.